The average molecular weight is 987 g/mol. The van der Waals surface area contributed by atoms with Crippen LogP contribution in [-0.4, -0.2) is 34.9 Å². The monoisotopic (exact) mass is 986 g/mol. The Kier molecular flexibility index (Phi) is 61.6. The van der Waals surface area contributed by atoms with Gasteiger partial charge < -0.3 is 15.5 Å². The van der Waals surface area contributed by atoms with E-state index in [2.05, 4.69) is 19.2 Å². The fourth-order valence-corrected chi connectivity index (χ4v) is 10.8. The van der Waals surface area contributed by atoms with Crippen molar-refractivity contribution in [2.24, 2.45) is 0 Å². The Morgan fingerprint density at radius 1 is 0.329 bits per heavy atom. The Balaban J connectivity index is 3.41. The van der Waals surface area contributed by atoms with Gasteiger partial charge in [-0.05, 0) is 19.3 Å². The molecule has 0 saturated carbocycles. The fraction of sp³-hybridized carbons (Fsp3) is 0.955. The number of nitrogens with one attached hydrogen (secondary N) is 1. The second kappa shape index (κ2) is 62.4. The molecule has 418 valence electrons. The first-order valence-corrected chi connectivity index (χ1v) is 32.9. The zero-order chi connectivity index (χ0) is 50.6. The number of hydrogen-bond acceptors (Lipinski definition) is 3. The van der Waals surface area contributed by atoms with E-state index in [-0.39, 0.29) is 12.5 Å². The molecule has 0 aromatic carbocycles. The first-order chi connectivity index (χ1) is 34.7. The standard InChI is InChI=1S/C66H131NO3/c1-3-5-7-9-11-13-15-17-19-21-23-25-27-29-31-33-34-35-37-39-41-43-45-47-49-51-53-55-57-59-61-65(69)64(63-68)67-66(70)62-60-58-56-54-52-50-48-46-44-42-40-38-36-32-30-28-26-24-22-20-18-16-14-12-10-8-6-4-2/h59,61,64-65,68-69H,3-58,60,62-63H2,1-2H3,(H,67,70)/b61-59+. The lowest BCUT2D eigenvalue weighted by atomic mass is 10.0. The number of aliphatic hydroxyl groups excluding tert-OH is 2. The third-order valence-electron chi connectivity index (χ3n) is 15.8. The van der Waals surface area contributed by atoms with Gasteiger partial charge >= 0.3 is 0 Å². The van der Waals surface area contributed by atoms with Crippen LogP contribution in [0.25, 0.3) is 0 Å². The summed E-state index contributed by atoms with van der Waals surface area (Å²) in [6.07, 6.45) is 82.8. The van der Waals surface area contributed by atoms with E-state index in [0.29, 0.717) is 6.42 Å². The van der Waals surface area contributed by atoms with Crippen LogP contribution in [0, 0.1) is 0 Å². The molecule has 0 saturated heterocycles. The Morgan fingerprint density at radius 2 is 0.529 bits per heavy atom. The van der Waals surface area contributed by atoms with Gasteiger partial charge in [0.05, 0.1) is 18.8 Å². The number of hydrogen-bond donors (Lipinski definition) is 3. The zero-order valence-electron chi connectivity index (χ0n) is 48.3. The van der Waals surface area contributed by atoms with Gasteiger partial charge in [0, 0.05) is 6.42 Å². The highest BCUT2D eigenvalue weighted by atomic mass is 16.3. The van der Waals surface area contributed by atoms with E-state index in [9.17, 15) is 15.0 Å². The quantitative estimate of drug-likeness (QED) is 0.0420. The summed E-state index contributed by atoms with van der Waals surface area (Å²) in [5.41, 5.74) is 0. The summed E-state index contributed by atoms with van der Waals surface area (Å²) in [5, 5.41) is 23.3. The number of rotatable bonds is 62. The van der Waals surface area contributed by atoms with Gasteiger partial charge in [-0.2, -0.15) is 0 Å². The van der Waals surface area contributed by atoms with Crippen LogP contribution >= 0.6 is 0 Å². The van der Waals surface area contributed by atoms with Crippen LogP contribution in [0.5, 0.6) is 0 Å². The Labute approximate surface area is 441 Å². The van der Waals surface area contributed by atoms with E-state index in [0.717, 1.165) is 25.7 Å². The van der Waals surface area contributed by atoms with Crippen molar-refractivity contribution in [2.75, 3.05) is 6.61 Å². The van der Waals surface area contributed by atoms with Gasteiger partial charge in [-0.1, -0.05) is 373 Å². The van der Waals surface area contributed by atoms with Gasteiger partial charge in [0.2, 0.25) is 5.91 Å². The second-order valence-electron chi connectivity index (χ2n) is 22.9. The molecular formula is C66H131NO3. The van der Waals surface area contributed by atoms with Crippen molar-refractivity contribution in [3.63, 3.8) is 0 Å². The molecule has 3 N–H and O–H groups in total. The molecular weight excluding hydrogens is 855 g/mol. The number of allylic oxidation sites excluding steroid dienone is 1. The van der Waals surface area contributed by atoms with E-state index in [1.807, 2.05) is 6.08 Å². The SMILES string of the molecule is CCCCCCCCCCCCCCCCCCCCCCCCCCCCCC/C=C/C(O)C(CO)NC(=O)CCCCCCCCCCCCCCCCCCCCCCCCCCCCCC. The van der Waals surface area contributed by atoms with Crippen LogP contribution in [0.3, 0.4) is 0 Å². The molecule has 4 heteroatoms. The molecule has 0 aromatic heterocycles. The van der Waals surface area contributed by atoms with Gasteiger partial charge in [0.1, 0.15) is 0 Å². The predicted molar refractivity (Wildman–Crippen MR) is 313 cm³/mol. The number of unbranched alkanes of at least 4 members (excludes halogenated alkanes) is 55. The molecule has 70 heavy (non-hydrogen) atoms. The minimum atomic E-state index is -0.837. The highest BCUT2D eigenvalue weighted by molar-refractivity contribution is 5.76. The Morgan fingerprint density at radius 3 is 0.743 bits per heavy atom. The maximum atomic E-state index is 12.5. The van der Waals surface area contributed by atoms with Crippen molar-refractivity contribution in [1.82, 2.24) is 5.32 Å². The normalized spacial score (nSPS) is 12.7. The maximum absolute atomic E-state index is 12.5. The maximum Gasteiger partial charge on any atom is 0.220 e. The molecule has 2 unspecified atom stereocenters. The molecule has 0 rings (SSSR count). The van der Waals surface area contributed by atoms with Gasteiger partial charge in [0.25, 0.3) is 0 Å². The summed E-state index contributed by atoms with van der Waals surface area (Å²) in [4.78, 5) is 12.5. The van der Waals surface area contributed by atoms with Crippen molar-refractivity contribution in [2.45, 2.75) is 398 Å². The summed E-state index contributed by atoms with van der Waals surface area (Å²) in [6, 6.07) is -0.619. The van der Waals surface area contributed by atoms with Crippen LogP contribution < -0.4 is 5.32 Å². The number of amides is 1. The van der Waals surface area contributed by atoms with Crippen molar-refractivity contribution >= 4 is 5.91 Å². The highest BCUT2D eigenvalue weighted by Gasteiger charge is 2.18. The van der Waals surface area contributed by atoms with Crippen LogP contribution in [0.4, 0.5) is 0 Å². The molecule has 0 heterocycles. The fourth-order valence-electron chi connectivity index (χ4n) is 10.8. The largest absolute Gasteiger partial charge is 0.394 e. The minimum Gasteiger partial charge on any atom is -0.394 e. The third kappa shape index (κ3) is 58.0. The molecule has 0 aliphatic heterocycles. The first-order valence-electron chi connectivity index (χ1n) is 32.9. The number of carbonyl (C=O) groups excluding carboxylic acids is 1. The lowest BCUT2D eigenvalue weighted by molar-refractivity contribution is -0.123. The molecule has 2 atom stereocenters. The summed E-state index contributed by atoms with van der Waals surface area (Å²) in [6.45, 7) is 4.37. The van der Waals surface area contributed by atoms with Gasteiger partial charge in [-0.3, -0.25) is 4.79 Å². The lowest BCUT2D eigenvalue weighted by Crippen LogP contribution is -2.45. The molecule has 0 bridgehead atoms. The average Bonchev–Trinajstić information content (AvgIpc) is 3.36. The van der Waals surface area contributed by atoms with E-state index < -0.39 is 12.1 Å². The Bertz CT molecular complexity index is 982. The molecule has 4 nitrogen and oxygen atoms in total. The van der Waals surface area contributed by atoms with Crippen molar-refractivity contribution in [3.8, 4) is 0 Å². The van der Waals surface area contributed by atoms with Crippen molar-refractivity contribution in [3.05, 3.63) is 12.2 Å². The van der Waals surface area contributed by atoms with Crippen LogP contribution in [0.15, 0.2) is 12.2 Å². The summed E-state index contributed by atoms with van der Waals surface area (Å²) in [5.74, 6) is -0.0537. The Hall–Kier alpha value is -0.870. The van der Waals surface area contributed by atoms with E-state index in [1.54, 1.807) is 6.08 Å². The highest BCUT2D eigenvalue weighted by Crippen LogP contribution is 2.19. The van der Waals surface area contributed by atoms with E-state index >= 15 is 0 Å². The first kappa shape index (κ1) is 69.1. The molecule has 0 aromatic rings. The van der Waals surface area contributed by atoms with Gasteiger partial charge in [-0.25, -0.2) is 0 Å². The predicted octanol–water partition coefficient (Wildman–Crippen LogP) is 22.0. The molecule has 0 radical (unpaired) electrons. The van der Waals surface area contributed by atoms with Crippen LogP contribution in [0.2, 0.25) is 0 Å². The van der Waals surface area contributed by atoms with E-state index in [4.69, 9.17) is 0 Å². The molecule has 0 spiro atoms. The van der Waals surface area contributed by atoms with Crippen LogP contribution in [-0.2, 0) is 4.79 Å². The molecule has 0 aliphatic carbocycles. The summed E-state index contributed by atoms with van der Waals surface area (Å²) < 4.78 is 0. The second-order valence-corrected chi connectivity index (χ2v) is 22.9. The molecule has 0 aliphatic rings. The van der Waals surface area contributed by atoms with Crippen molar-refractivity contribution in [1.29, 1.82) is 0 Å². The lowest BCUT2D eigenvalue weighted by Gasteiger charge is -2.20. The summed E-state index contributed by atoms with van der Waals surface area (Å²) in [7, 11) is 0. The summed E-state index contributed by atoms with van der Waals surface area (Å²) >= 11 is 0. The zero-order valence-corrected chi connectivity index (χ0v) is 48.3. The number of carbonyl (C=O) groups is 1. The van der Waals surface area contributed by atoms with Crippen molar-refractivity contribution < 1.29 is 15.0 Å². The molecule has 0 fully saturated rings. The minimum absolute atomic E-state index is 0.0537. The van der Waals surface area contributed by atoms with Gasteiger partial charge in [-0.15, -0.1) is 0 Å². The number of aliphatic hydroxyl groups is 2. The molecule has 1 amide bonds. The van der Waals surface area contributed by atoms with E-state index in [1.165, 1.54) is 340 Å². The van der Waals surface area contributed by atoms with Gasteiger partial charge in [0.15, 0.2) is 0 Å². The smallest absolute Gasteiger partial charge is 0.220 e. The topological polar surface area (TPSA) is 69.6 Å². The van der Waals surface area contributed by atoms with Crippen LogP contribution in [0.1, 0.15) is 386 Å². The third-order valence-corrected chi connectivity index (χ3v) is 15.8.